The number of benzene rings is 1. The van der Waals surface area contributed by atoms with Gasteiger partial charge in [-0.05, 0) is 38.1 Å². The number of rotatable bonds is 6. The number of aliphatic hydroxyl groups excluding tert-OH is 1. The Labute approximate surface area is 142 Å². The SMILES string of the molecule is CCC(O)CCNC(=O)Nc1cc(F)ccc1N1CCN(C)CC1. The fourth-order valence-electron chi connectivity index (χ4n) is 2.65. The predicted molar refractivity (Wildman–Crippen MR) is 94.0 cm³/mol. The molecule has 134 valence electrons. The summed E-state index contributed by atoms with van der Waals surface area (Å²) in [5.74, 6) is -0.385. The highest BCUT2D eigenvalue weighted by Crippen LogP contribution is 2.27. The van der Waals surface area contributed by atoms with Gasteiger partial charge in [0, 0.05) is 32.7 Å². The Morgan fingerprint density at radius 2 is 2.04 bits per heavy atom. The first-order valence-electron chi connectivity index (χ1n) is 8.45. The summed E-state index contributed by atoms with van der Waals surface area (Å²) in [6.45, 7) is 5.79. The van der Waals surface area contributed by atoms with Crippen molar-refractivity contribution in [2.75, 3.05) is 50.0 Å². The zero-order valence-electron chi connectivity index (χ0n) is 14.4. The van der Waals surface area contributed by atoms with Crippen LogP contribution in [0.4, 0.5) is 20.6 Å². The number of nitrogens with zero attached hydrogens (tertiary/aromatic N) is 2. The zero-order valence-corrected chi connectivity index (χ0v) is 14.4. The summed E-state index contributed by atoms with van der Waals surface area (Å²) in [7, 11) is 2.07. The van der Waals surface area contributed by atoms with Gasteiger partial charge in [-0.1, -0.05) is 6.92 Å². The molecule has 2 rings (SSSR count). The number of hydrogen-bond acceptors (Lipinski definition) is 4. The maximum atomic E-state index is 13.6. The van der Waals surface area contributed by atoms with Gasteiger partial charge in [0.1, 0.15) is 5.82 Å². The maximum absolute atomic E-state index is 13.6. The van der Waals surface area contributed by atoms with Gasteiger partial charge in [0.25, 0.3) is 0 Å². The third-order valence-electron chi connectivity index (χ3n) is 4.29. The van der Waals surface area contributed by atoms with Gasteiger partial charge < -0.3 is 25.5 Å². The maximum Gasteiger partial charge on any atom is 0.319 e. The lowest BCUT2D eigenvalue weighted by molar-refractivity contribution is 0.160. The van der Waals surface area contributed by atoms with Crippen molar-refractivity contribution in [2.45, 2.75) is 25.9 Å². The van der Waals surface area contributed by atoms with Crippen molar-refractivity contribution in [1.29, 1.82) is 0 Å². The third kappa shape index (κ3) is 5.35. The largest absolute Gasteiger partial charge is 0.393 e. The van der Waals surface area contributed by atoms with Gasteiger partial charge in [0.2, 0.25) is 0 Å². The molecule has 0 radical (unpaired) electrons. The Bertz CT molecular complexity index is 547. The highest BCUT2D eigenvalue weighted by molar-refractivity contribution is 5.93. The van der Waals surface area contributed by atoms with Gasteiger partial charge in [-0.25, -0.2) is 9.18 Å². The average Bonchev–Trinajstić information content (AvgIpc) is 2.56. The molecular formula is C17H27FN4O2. The van der Waals surface area contributed by atoms with Crippen LogP contribution >= 0.6 is 0 Å². The van der Waals surface area contributed by atoms with E-state index in [2.05, 4.69) is 27.5 Å². The zero-order chi connectivity index (χ0) is 17.5. The van der Waals surface area contributed by atoms with Crippen LogP contribution in [-0.4, -0.2) is 61.9 Å². The number of halogens is 1. The molecule has 1 fully saturated rings. The van der Waals surface area contributed by atoms with E-state index in [1.165, 1.54) is 12.1 Å². The number of likely N-dealkylation sites (N-methyl/N-ethyl adjacent to an activating group) is 1. The van der Waals surface area contributed by atoms with E-state index in [1.807, 2.05) is 6.92 Å². The number of carbonyl (C=O) groups is 1. The summed E-state index contributed by atoms with van der Waals surface area (Å²) in [6, 6.07) is 4.07. The van der Waals surface area contributed by atoms with Crippen molar-refractivity contribution in [3.8, 4) is 0 Å². The molecular weight excluding hydrogens is 311 g/mol. The molecule has 1 aliphatic heterocycles. The fourth-order valence-corrected chi connectivity index (χ4v) is 2.65. The second-order valence-corrected chi connectivity index (χ2v) is 6.18. The number of amides is 2. The predicted octanol–water partition coefficient (Wildman–Crippen LogP) is 1.86. The molecule has 0 saturated carbocycles. The summed E-state index contributed by atoms with van der Waals surface area (Å²) >= 11 is 0. The number of aliphatic hydroxyl groups is 1. The summed E-state index contributed by atoms with van der Waals surface area (Å²) in [6.07, 6.45) is 0.736. The Balaban J connectivity index is 1.98. The molecule has 1 atom stereocenters. The monoisotopic (exact) mass is 338 g/mol. The van der Waals surface area contributed by atoms with Crippen LogP contribution in [0.3, 0.4) is 0 Å². The van der Waals surface area contributed by atoms with Crippen molar-refractivity contribution in [2.24, 2.45) is 0 Å². The lowest BCUT2D eigenvalue weighted by Crippen LogP contribution is -2.45. The molecule has 2 amide bonds. The molecule has 1 heterocycles. The first-order chi connectivity index (χ1) is 11.5. The van der Waals surface area contributed by atoms with Crippen molar-refractivity contribution in [3.05, 3.63) is 24.0 Å². The molecule has 7 heteroatoms. The van der Waals surface area contributed by atoms with E-state index < -0.39 is 6.10 Å². The second kappa shape index (κ2) is 8.84. The lowest BCUT2D eigenvalue weighted by Gasteiger charge is -2.35. The van der Waals surface area contributed by atoms with Crippen molar-refractivity contribution in [1.82, 2.24) is 10.2 Å². The van der Waals surface area contributed by atoms with Crippen LogP contribution in [0, 0.1) is 5.82 Å². The second-order valence-electron chi connectivity index (χ2n) is 6.18. The molecule has 0 bridgehead atoms. The van der Waals surface area contributed by atoms with Gasteiger partial charge in [0.15, 0.2) is 0 Å². The van der Waals surface area contributed by atoms with Gasteiger partial charge in [-0.3, -0.25) is 0 Å². The summed E-state index contributed by atoms with van der Waals surface area (Å²) < 4.78 is 13.6. The number of hydrogen-bond donors (Lipinski definition) is 3. The highest BCUT2D eigenvalue weighted by Gasteiger charge is 2.18. The van der Waals surface area contributed by atoms with Gasteiger partial charge in [-0.2, -0.15) is 0 Å². The normalized spacial score (nSPS) is 16.8. The minimum absolute atomic E-state index is 0.375. The topological polar surface area (TPSA) is 67.8 Å². The van der Waals surface area contributed by atoms with E-state index in [1.54, 1.807) is 6.07 Å². The van der Waals surface area contributed by atoms with Gasteiger partial charge >= 0.3 is 6.03 Å². The van der Waals surface area contributed by atoms with Gasteiger partial charge in [0.05, 0.1) is 17.5 Å². The first-order valence-corrected chi connectivity index (χ1v) is 8.45. The van der Waals surface area contributed by atoms with Crippen molar-refractivity contribution >= 4 is 17.4 Å². The molecule has 24 heavy (non-hydrogen) atoms. The number of piperazine rings is 1. The molecule has 0 spiro atoms. The Morgan fingerprint density at radius 1 is 1.33 bits per heavy atom. The summed E-state index contributed by atoms with van der Waals surface area (Å²) in [5.41, 5.74) is 1.29. The van der Waals surface area contributed by atoms with E-state index in [-0.39, 0.29) is 11.8 Å². The van der Waals surface area contributed by atoms with Crippen LogP contribution in [0.1, 0.15) is 19.8 Å². The summed E-state index contributed by atoms with van der Waals surface area (Å²) in [5, 5.41) is 14.9. The molecule has 1 aliphatic rings. The molecule has 3 N–H and O–H groups in total. The minimum atomic E-state index is -0.416. The molecule has 0 aromatic heterocycles. The number of anilines is 2. The quantitative estimate of drug-likeness (QED) is 0.741. The smallest absolute Gasteiger partial charge is 0.319 e. The van der Waals surface area contributed by atoms with Crippen LogP contribution in [0.15, 0.2) is 18.2 Å². The van der Waals surface area contributed by atoms with Crippen LogP contribution in [-0.2, 0) is 0 Å². The molecule has 1 unspecified atom stereocenters. The van der Waals surface area contributed by atoms with E-state index in [0.717, 1.165) is 31.9 Å². The molecule has 0 aliphatic carbocycles. The Morgan fingerprint density at radius 3 is 2.71 bits per heavy atom. The average molecular weight is 338 g/mol. The van der Waals surface area contributed by atoms with Crippen LogP contribution in [0.2, 0.25) is 0 Å². The number of urea groups is 1. The standard InChI is InChI=1S/C17H27FN4O2/c1-3-14(23)6-7-19-17(24)20-15-12-13(18)4-5-16(15)22-10-8-21(2)9-11-22/h4-5,12,14,23H,3,6-11H2,1-2H3,(H2,19,20,24). The van der Waals surface area contributed by atoms with E-state index >= 15 is 0 Å². The van der Waals surface area contributed by atoms with Gasteiger partial charge in [-0.15, -0.1) is 0 Å². The highest BCUT2D eigenvalue weighted by atomic mass is 19.1. The third-order valence-corrected chi connectivity index (χ3v) is 4.29. The first kappa shape index (κ1) is 18.5. The molecule has 1 aromatic rings. The van der Waals surface area contributed by atoms with Crippen molar-refractivity contribution < 1.29 is 14.3 Å². The Kier molecular flexibility index (Phi) is 6.81. The minimum Gasteiger partial charge on any atom is -0.393 e. The fraction of sp³-hybridized carbons (Fsp3) is 0.588. The Hall–Kier alpha value is -1.86. The van der Waals surface area contributed by atoms with E-state index in [0.29, 0.717) is 25.1 Å². The summed E-state index contributed by atoms with van der Waals surface area (Å²) in [4.78, 5) is 16.4. The number of nitrogens with one attached hydrogen (secondary N) is 2. The van der Waals surface area contributed by atoms with E-state index in [9.17, 15) is 14.3 Å². The van der Waals surface area contributed by atoms with E-state index in [4.69, 9.17) is 0 Å². The molecule has 1 saturated heterocycles. The van der Waals surface area contributed by atoms with Crippen molar-refractivity contribution in [3.63, 3.8) is 0 Å². The number of carbonyl (C=O) groups excluding carboxylic acids is 1. The molecule has 6 nitrogen and oxygen atoms in total. The lowest BCUT2D eigenvalue weighted by atomic mass is 10.2. The molecule has 1 aromatic carbocycles. The van der Waals surface area contributed by atoms with Crippen LogP contribution < -0.4 is 15.5 Å². The van der Waals surface area contributed by atoms with Crippen LogP contribution in [0.5, 0.6) is 0 Å². The van der Waals surface area contributed by atoms with Crippen LogP contribution in [0.25, 0.3) is 0 Å².